The molecule has 2 aliphatic heterocycles. The number of nitrogens with one attached hydrogen (secondary N) is 1. The topological polar surface area (TPSA) is 61.9 Å². The monoisotopic (exact) mass is 371 g/mol. The maximum Gasteiger partial charge on any atom is 0.338 e. The highest BCUT2D eigenvalue weighted by Crippen LogP contribution is 2.32. The summed E-state index contributed by atoms with van der Waals surface area (Å²) < 4.78 is 5.37. The minimum Gasteiger partial charge on any atom is -0.463 e. The Hall–Kier alpha value is -2.34. The van der Waals surface area contributed by atoms with E-state index in [4.69, 9.17) is 4.74 Å². The Bertz CT molecular complexity index is 738. The van der Waals surface area contributed by atoms with Crippen LogP contribution in [-0.2, 0) is 9.53 Å². The molecule has 0 bridgehead atoms. The molecule has 1 unspecified atom stereocenters. The summed E-state index contributed by atoms with van der Waals surface area (Å²) in [7, 11) is 1.72. The van der Waals surface area contributed by atoms with Crippen LogP contribution in [0.5, 0.6) is 0 Å². The van der Waals surface area contributed by atoms with E-state index in [0.717, 1.165) is 42.8 Å². The lowest BCUT2D eigenvalue weighted by Gasteiger charge is -2.37. The normalized spacial score (nSPS) is 21.2. The van der Waals surface area contributed by atoms with Crippen molar-refractivity contribution < 1.29 is 14.3 Å². The average molecular weight is 371 g/mol. The molecule has 1 aromatic carbocycles. The molecule has 0 aliphatic carbocycles. The van der Waals surface area contributed by atoms with Crippen LogP contribution in [0.3, 0.4) is 0 Å². The van der Waals surface area contributed by atoms with E-state index in [0.29, 0.717) is 18.7 Å². The standard InChI is InChI=1S/C21H29N3O3/c1-4-27-20(25)18-17(14-24-11-6-5-7-12-24)23(3)21(26)22-19(18)16-10-8-9-15(2)13-16/h8-10,13,19H,4-7,11-12,14H2,1-3H3,(H,22,26). The Balaban J connectivity index is 2.04. The highest BCUT2D eigenvalue weighted by atomic mass is 16.5. The second-order valence-corrected chi connectivity index (χ2v) is 7.27. The van der Waals surface area contributed by atoms with Crippen molar-refractivity contribution in [1.29, 1.82) is 0 Å². The average Bonchev–Trinajstić information content (AvgIpc) is 2.66. The van der Waals surface area contributed by atoms with E-state index >= 15 is 0 Å². The first-order chi connectivity index (χ1) is 13.0. The van der Waals surface area contributed by atoms with Gasteiger partial charge in [-0.05, 0) is 45.3 Å². The predicted octanol–water partition coefficient (Wildman–Crippen LogP) is 2.99. The fraction of sp³-hybridized carbons (Fsp3) is 0.524. The van der Waals surface area contributed by atoms with Gasteiger partial charge in [-0.3, -0.25) is 9.80 Å². The molecule has 2 heterocycles. The van der Waals surface area contributed by atoms with E-state index in [9.17, 15) is 9.59 Å². The molecule has 1 saturated heterocycles. The maximum absolute atomic E-state index is 12.9. The highest BCUT2D eigenvalue weighted by molar-refractivity contribution is 5.95. The number of hydrogen-bond donors (Lipinski definition) is 1. The molecule has 6 heteroatoms. The van der Waals surface area contributed by atoms with Crippen LogP contribution in [0.2, 0.25) is 0 Å². The number of hydrogen-bond acceptors (Lipinski definition) is 4. The predicted molar refractivity (Wildman–Crippen MR) is 104 cm³/mol. The van der Waals surface area contributed by atoms with E-state index in [-0.39, 0.29) is 12.0 Å². The van der Waals surface area contributed by atoms with Crippen molar-refractivity contribution in [3.63, 3.8) is 0 Å². The molecule has 1 aromatic rings. The van der Waals surface area contributed by atoms with Gasteiger partial charge in [-0.15, -0.1) is 0 Å². The summed E-state index contributed by atoms with van der Waals surface area (Å²) in [5.74, 6) is -0.358. The molecule has 1 atom stereocenters. The van der Waals surface area contributed by atoms with Gasteiger partial charge in [-0.1, -0.05) is 36.2 Å². The number of carbonyl (C=O) groups is 2. The summed E-state index contributed by atoms with van der Waals surface area (Å²) in [6, 6.07) is 7.22. The molecule has 3 rings (SSSR count). The second-order valence-electron chi connectivity index (χ2n) is 7.27. The zero-order chi connectivity index (χ0) is 19.4. The van der Waals surface area contributed by atoms with E-state index in [1.165, 1.54) is 6.42 Å². The molecule has 6 nitrogen and oxygen atoms in total. The summed E-state index contributed by atoms with van der Waals surface area (Å²) in [6.45, 7) is 6.67. The van der Waals surface area contributed by atoms with E-state index in [1.54, 1.807) is 18.9 Å². The molecule has 1 fully saturated rings. The lowest BCUT2D eigenvalue weighted by molar-refractivity contribution is -0.139. The van der Waals surface area contributed by atoms with Crippen molar-refractivity contribution in [3.05, 3.63) is 46.7 Å². The number of likely N-dealkylation sites (N-methyl/N-ethyl adjacent to an activating group) is 1. The highest BCUT2D eigenvalue weighted by Gasteiger charge is 2.37. The van der Waals surface area contributed by atoms with Crippen molar-refractivity contribution in [1.82, 2.24) is 15.1 Å². The van der Waals surface area contributed by atoms with Gasteiger partial charge in [0.2, 0.25) is 0 Å². The van der Waals surface area contributed by atoms with Crippen molar-refractivity contribution in [3.8, 4) is 0 Å². The van der Waals surface area contributed by atoms with E-state index < -0.39 is 6.04 Å². The molecule has 27 heavy (non-hydrogen) atoms. The summed E-state index contributed by atoms with van der Waals surface area (Å²) in [6.07, 6.45) is 3.54. The minimum atomic E-state index is -0.493. The van der Waals surface area contributed by atoms with Crippen LogP contribution in [0, 0.1) is 6.92 Å². The van der Waals surface area contributed by atoms with Crippen LogP contribution >= 0.6 is 0 Å². The van der Waals surface area contributed by atoms with Crippen LogP contribution in [0.4, 0.5) is 4.79 Å². The van der Waals surface area contributed by atoms with E-state index in [2.05, 4.69) is 10.2 Å². The maximum atomic E-state index is 12.9. The molecule has 0 saturated carbocycles. The molecule has 0 radical (unpaired) electrons. The molecule has 2 aliphatic rings. The van der Waals surface area contributed by atoms with Crippen LogP contribution in [0.1, 0.15) is 43.4 Å². The van der Waals surface area contributed by atoms with Crippen molar-refractivity contribution in [2.75, 3.05) is 33.3 Å². The SMILES string of the molecule is CCOC(=O)C1=C(CN2CCCCC2)N(C)C(=O)NC1c1cccc(C)c1. The third-order valence-corrected chi connectivity index (χ3v) is 5.27. The lowest BCUT2D eigenvalue weighted by Crippen LogP contribution is -2.49. The van der Waals surface area contributed by atoms with Crippen molar-refractivity contribution in [2.24, 2.45) is 0 Å². The first-order valence-electron chi connectivity index (χ1n) is 9.74. The molecular weight excluding hydrogens is 342 g/mol. The summed E-state index contributed by atoms with van der Waals surface area (Å²) in [4.78, 5) is 29.4. The van der Waals surface area contributed by atoms with Crippen LogP contribution in [0.15, 0.2) is 35.5 Å². The van der Waals surface area contributed by atoms with Gasteiger partial charge in [0.15, 0.2) is 0 Å². The number of carbonyl (C=O) groups excluding carboxylic acids is 2. The zero-order valence-corrected chi connectivity index (χ0v) is 16.5. The number of benzene rings is 1. The summed E-state index contributed by atoms with van der Waals surface area (Å²) in [5, 5.41) is 2.98. The van der Waals surface area contributed by atoms with Gasteiger partial charge in [0.1, 0.15) is 0 Å². The third-order valence-electron chi connectivity index (χ3n) is 5.27. The number of likely N-dealkylation sites (tertiary alicyclic amines) is 1. The van der Waals surface area contributed by atoms with Crippen molar-refractivity contribution in [2.45, 2.75) is 39.2 Å². The Labute approximate surface area is 161 Å². The van der Waals surface area contributed by atoms with Gasteiger partial charge >= 0.3 is 12.0 Å². The van der Waals surface area contributed by atoms with Crippen molar-refractivity contribution >= 4 is 12.0 Å². The lowest BCUT2D eigenvalue weighted by atomic mass is 9.93. The molecule has 0 spiro atoms. The number of nitrogens with zero attached hydrogens (tertiary/aromatic N) is 2. The van der Waals surface area contributed by atoms with Gasteiger partial charge in [0.05, 0.1) is 18.2 Å². The number of rotatable bonds is 5. The zero-order valence-electron chi connectivity index (χ0n) is 16.5. The molecule has 1 N–H and O–H groups in total. The Morgan fingerprint density at radius 1 is 1.26 bits per heavy atom. The van der Waals surface area contributed by atoms with Gasteiger partial charge in [0.25, 0.3) is 0 Å². The number of esters is 1. The number of ether oxygens (including phenoxy) is 1. The van der Waals surface area contributed by atoms with Gasteiger partial charge in [-0.25, -0.2) is 9.59 Å². The quantitative estimate of drug-likeness (QED) is 0.809. The Morgan fingerprint density at radius 2 is 2.00 bits per heavy atom. The fourth-order valence-corrected chi connectivity index (χ4v) is 3.83. The number of piperidine rings is 1. The third kappa shape index (κ3) is 4.33. The van der Waals surface area contributed by atoms with Crippen LogP contribution < -0.4 is 5.32 Å². The fourth-order valence-electron chi connectivity index (χ4n) is 3.83. The van der Waals surface area contributed by atoms with Crippen LogP contribution in [-0.4, -0.2) is 55.1 Å². The van der Waals surface area contributed by atoms with Gasteiger partial charge < -0.3 is 10.1 Å². The van der Waals surface area contributed by atoms with Gasteiger partial charge in [-0.2, -0.15) is 0 Å². The molecular formula is C21H29N3O3. The van der Waals surface area contributed by atoms with E-state index in [1.807, 2.05) is 31.2 Å². The first kappa shape index (κ1) is 19.4. The van der Waals surface area contributed by atoms with Gasteiger partial charge in [0, 0.05) is 19.3 Å². The molecule has 2 amide bonds. The first-order valence-corrected chi connectivity index (χ1v) is 9.74. The number of amides is 2. The summed E-state index contributed by atoms with van der Waals surface area (Å²) >= 11 is 0. The second kappa shape index (κ2) is 8.57. The molecule has 0 aromatic heterocycles. The number of urea groups is 1. The molecule has 146 valence electrons. The Kier molecular flexibility index (Phi) is 6.16. The Morgan fingerprint density at radius 3 is 2.67 bits per heavy atom. The largest absolute Gasteiger partial charge is 0.463 e. The smallest absolute Gasteiger partial charge is 0.338 e. The minimum absolute atomic E-state index is 0.193. The summed E-state index contributed by atoms with van der Waals surface area (Å²) in [5.41, 5.74) is 3.26. The van der Waals surface area contributed by atoms with Crippen LogP contribution in [0.25, 0.3) is 0 Å². The number of aryl methyl sites for hydroxylation is 1.